The highest BCUT2D eigenvalue weighted by Crippen LogP contribution is 2.31. The fraction of sp³-hybridized carbons (Fsp3) is 0.429. The van der Waals surface area contributed by atoms with Crippen LogP contribution in [0.4, 0.5) is 0 Å². The van der Waals surface area contributed by atoms with Gasteiger partial charge in [0.05, 0.1) is 5.56 Å². The Balaban J connectivity index is 1.42. The first-order valence-electron chi connectivity index (χ1n) is 9.51. The first-order valence-corrected chi connectivity index (χ1v) is 9.51. The van der Waals surface area contributed by atoms with Gasteiger partial charge < -0.3 is 10.1 Å². The molecular weight excluding hydrogens is 326 g/mol. The van der Waals surface area contributed by atoms with Gasteiger partial charge in [0.15, 0.2) is 0 Å². The van der Waals surface area contributed by atoms with E-state index in [1.54, 1.807) is 18.3 Å². The average molecular weight is 351 g/mol. The second-order valence-corrected chi connectivity index (χ2v) is 7.08. The van der Waals surface area contributed by atoms with Crippen LogP contribution in [0.5, 0.6) is 11.6 Å². The molecule has 2 aliphatic rings. The van der Waals surface area contributed by atoms with Crippen LogP contribution in [-0.2, 0) is 12.8 Å². The van der Waals surface area contributed by atoms with Crippen LogP contribution in [0.2, 0.25) is 0 Å². The Morgan fingerprint density at radius 2 is 2.00 bits per heavy atom. The SMILES string of the molecule is CCNC(=O)c1ccc(Oc2ccc3c(c2)CC(N2CCCC2)C3)nc1. The van der Waals surface area contributed by atoms with E-state index < -0.39 is 0 Å². The molecule has 1 amide bonds. The largest absolute Gasteiger partial charge is 0.439 e. The predicted molar refractivity (Wildman–Crippen MR) is 101 cm³/mol. The Labute approximate surface area is 154 Å². The van der Waals surface area contributed by atoms with Crippen LogP contribution < -0.4 is 10.1 Å². The number of nitrogens with zero attached hydrogens (tertiary/aromatic N) is 2. The number of hydrogen-bond acceptors (Lipinski definition) is 4. The second-order valence-electron chi connectivity index (χ2n) is 7.08. The minimum absolute atomic E-state index is 0.114. The molecule has 136 valence electrons. The number of nitrogens with one attached hydrogen (secondary N) is 1. The number of pyridine rings is 1. The highest BCUT2D eigenvalue weighted by Gasteiger charge is 2.28. The molecule has 1 saturated heterocycles. The molecule has 1 aliphatic carbocycles. The van der Waals surface area contributed by atoms with Crippen molar-refractivity contribution in [3.8, 4) is 11.6 Å². The lowest BCUT2D eigenvalue weighted by atomic mass is 10.1. The first kappa shape index (κ1) is 17.0. The predicted octanol–water partition coefficient (Wildman–Crippen LogP) is 3.19. The molecule has 5 heteroatoms. The molecule has 1 fully saturated rings. The molecule has 1 unspecified atom stereocenters. The van der Waals surface area contributed by atoms with Gasteiger partial charge in [0.1, 0.15) is 5.75 Å². The van der Waals surface area contributed by atoms with Gasteiger partial charge >= 0.3 is 0 Å². The van der Waals surface area contributed by atoms with Crippen LogP contribution in [0.25, 0.3) is 0 Å². The van der Waals surface area contributed by atoms with Crippen LogP contribution >= 0.6 is 0 Å². The van der Waals surface area contributed by atoms with E-state index >= 15 is 0 Å². The van der Waals surface area contributed by atoms with Crippen molar-refractivity contribution in [1.29, 1.82) is 0 Å². The standard InChI is InChI=1S/C21H25N3O2/c1-2-22-21(25)16-6-8-20(23-14-16)26-19-7-5-15-11-18(12-17(15)13-19)24-9-3-4-10-24/h5-8,13-14,18H,2-4,9-12H2,1H3,(H,22,25). The lowest BCUT2D eigenvalue weighted by molar-refractivity contribution is 0.0955. The summed E-state index contributed by atoms with van der Waals surface area (Å²) in [5.41, 5.74) is 3.37. The van der Waals surface area contributed by atoms with Gasteiger partial charge in [-0.3, -0.25) is 9.69 Å². The summed E-state index contributed by atoms with van der Waals surface area (Å²) in [7, 11) is 0. The molecule has 5 nitrogen and oxygen atoms in total. The van der Waals surface area contributed by atoms with Gasteiger partial charge in [0.2, 0.25) is 5.88 Å². The summed E-state index contributed by atoms with van der Waals surface area (Å²) in [5.74, 6) is 1.20. The molecule has 26 heavy (non-hydrogen) atoms. The Bertz CT molecular complexity index is 782. The minimum atomic E-state index is -0.114. The third kappa shape index (κ3) is 3.58. The van der Waals surface area contributed by atoms with Crippen molar-refractivity contribution in [3.63, 3.8) is 0 Å². The Hall–Kier alpha value is -2.40. The minimum Gasteiger partial charge on any atom is -0.439 e. The molecule has 1 aliphatic heterocycles. The van der Waals surface area contributed by atoms with E-state index in [0.29, 0.717) is 24.0 Å². The smallest absolute Gasteiger partial charge is 0.252 e. The Morgan fingerprint density at radius 1 is 1.19 bits per heavy atom. The third-order valence-electron chi connectivity index (χ3n) is 5.30. The molecule has 0 saturated carbocycles. The van der Waals surface area contributed by atoms with Crippen molar-refractivity contribution in [3.05, 3.63) is 53.2 Å². The monoisotopic (exact) mass is 351 g/mol. The third-order valence-corrected chi connectivity index (χ3v) is 5.30. The Kier molecular flexibility index (Phi) is 4.89. The highest BCUT2D eigenvalue weighted by molar-refractivity contribution is 5.93. The zero-order valence-corrected chi connectivity index (χ0v) is 15.2. The van der Waals surface area contributed by atoms with E-state index in [4.69, 9.17) is 4.74 Å². The van der Waals surface area contributed by atoms with Crippen molar-refractivity contribution in [1.82, 2.24) is 15.2 Å². The summed E-state index contributed by atoms with van der Waals surface area (Å²) >= 11 is 0. The molecule has 2 heterocycles. The summed E-state index contributed by atoms with van der Waals surface area (Å²) in [6.45, 7) is 4.98. The molecule has 2 aromatic rings. The second kappa shape index (κ2) is 7.46. The zero-order valence-electron chi connectivity index (χ0n) is 15.2. The van der Waals surface area contributed by atoms with Crippen molar-refractivity contribution in [2.24, 2.45) is 0 Å². The lowest BCUT2D eigenvalue weighted by Crippen LogP contribution is -2.33. The normalized spacial score (nSPS) is 19.3. The zero-order chi connectivity index (χ0) is 17.9. The van der Waals surface area contributed by atoms with E-state index in [2.05, 4.69) is 27.3 Å². The lowest BCUT2D eigenvalue weighted by Gasteiger charge is -2.22. The summed E-state index contributed by atoms with van der Waals surface area (Å²) in [4.78, 5) is 18.7. The van der Waals surface area contributed by atoms with E-state index in [1.807, 2.05) is 13.0 Å². The van der Waals surface area contributed by atoms with Crippen LogP contribution in [0, 0.1) is 0 Å². The molecule has 0 bridgehead atoms. The van der Waals surface area contributed by atoms with Gasteiger partial charge in [-0.05, 0) is 75.0 Å². The van der Waals surface area contributed by atoms with Crippen molar-refractivity contribution in [2.75, 3.05) is 19.6 Å². The maximum absolute atomic E-state index is 11.8. The van der Waals surface area contributed by atoms with Crippen molar-refractivity contribution in [2.45, 2.75) is 38.6 Å². The fourth-order valence-corrected chi connectivity index (χ4v) is 3.96. The molecule has 0 spiro atoms. The van der Waals surface area contributed by atoms with Crippen LogP contribution in [0.15, 0.2) is 36.5 Å². The van der Waals surface area contributed by atoms with Gasteiger partial charge in [-0.1, -0.05) is 6.07 Å². The molecule has 4 rings (SSSR count). The van der Waals surface area contributed by atoms with Crippen LogP contribution in [0.3, 0.4) is 0 Å². The van der Waals surface area contributed by atoms with E-state index in [-0.39, 0.29) is 5.91 Å². The van der Waals surface area contributed by atoms with Gasteiger partial charge in [-0.25, -0.2) is 4.98 Å². The van der Waals surface area contributed by atoms with E-state index in [0.717, 1.165) is 18.6 Å². The van der Waals surface area contributed by atoms with Gasteiger partial charge in [0.25, 0.3) is 5.91 Å². The van der Waals surface area contributed by atoms with Gasteiger partial charge in [-0.2, -0.15) is 0 Å². The van der Waals surface area contributed by atoms with E-state index in [9.17, 15) is 4.79 Å². The van der Waals surface area contributed by atoms with Gasteiger partial charge in [-0.15, -0.1) is 0 Å². The number of carbonyl (C=O) groups excluding carboxylic acids is 1. The number of ether oxygens (including phenoxy) is 1. The van der Waals surface area contributed by atoms with E-state index in [1.165, 1.54) is 37.1 Å². The maximum Gasteiger partial charge on any atom is 0.252 e. The summed E-state index contributed by atoms with van der Waals surface area (Å²) in [5, 5.41) is 2.76. The number of rotatable bonds is 5. The number of carbonyl (C=O) groups is 1. The van der Waals surface area contributed by atoms with Crippen LogP contribution in [0.1, 0.15) is 41.3 Å². The molecule has 1 N–H and O–H groups in total. The summed E-state index contributed by atoms with van der Waals surface area (Å²) in [6, 6.07) is 10.5. The molecule has 1 atom stereocenters. The maximum atomic E-state index is 11.8. The summed E-state index contributed by atoms with van der Waals surface area (Å²) in [6.07, 6.45) is 6.47. The molecule has 1 aromatic heterocycles. The number of fused-ring (bicyclic) bond motifs is 1. The van der Waals surface area contributed by atoms with Gasteiger partial charge in [0, 0.05) is 24.8 Å². The fourth-order valence-electron chi connectivity index (χ4n) is 3.96. The quantitative estimate of drug-likeness (QED) is 0.899. The Morgan fingerprint density at radius 3 is 2.73 bits per heavy atom. The number of likely N-dealkylation sites (tertiary alicyclic amines) is 1. The number of benzene rings is 1. The van der Waals surface area contributed by atoms with Crippen LogP contribution in [-0.4, -0.2) is 41.5 Å². The number of hydrogen-bond donors (Lipinski definition) is 1. The molecule has 1 aromatic carbocycles. The molecular formula is C21H25N3O2. The molecule has 0 radical (unpaired) electrons. The van der Waals surface area contributed by atoms with Crippen molar-refractivity contribution < 1.29 is 9.53 Å². The first-order chi connectivity index (χ1) is 12.7. The highest BCUT2D eigenvalue weighted by atomic mass is 16.5. The average Bonchev–Trinajstić information content (AvgIpc) is 3.31. The van der Waals surface area contributed by atoms with Crippen molar-refractivity contribution >= 4 is 5.91 Å². The number of aromatic nitrogens is 1. The summed E-state index contributed by atoms with van der Waals surface area (Å²) < 4.78 is 5.90. The number of amides is 1. The topological polar surface area (TPSA) is 54.5 Å².